The van der Waals surface area contributed by atoms with Crippen molar-refractivity contribution in [3.8, 4) is 22.8 Å². The molecule has 0 N–H and O–H groups in total. The maximum Gasteiger partial charge on any atom is 0.343 e. The summed E-state index contributed by atoms with van der Waals surface area (Å²) in [5.41, 5.74) is 2.56. The van der Waals surface area contributed by atoms with Crippen LogP contribution in [0.4, 0.5) is 0 Å². The number of ether oxygens (including phenoxy) is 3. The van der Waals surface area contributed by atoms with Crippen molar-refractivity contribution in [2.45, 2.75) is 13.8 Å². The number of hydrogen-bond donors (Lipinski definition) is 0. The second kappa shape index (κ2) is 7.53. The second-order valence-electron chi connectivity index (χ2n) is 6.14. The van der Waals surface area contributed by atoms with Gasteiger partial charge in [-0.3, -0.25) is 4.79 Å². The van der Waals surface area contributed by atoms with Crippen LogP contribution in [-0.2, 0) is 9.53 Å². The normalized spacial score (nSPS) is 10.7. The number of carbonyl (C=O) groups excluding carboxylic acids is 1. The van der Waals surface area contributed by atoms with E-state index in [0.717, 1.165) is 11.1 Å². The van der Waals surface area contributed by atoms with Gasteiger partial charge in [0, 0.05) is 5.56 Å². The van der Waals surface area contributed by atoms with Crippen LogP contribution in [0, 0.1) is 13.8 Å². The number of fused-ring (bicyclic) bond motifs is 1. The van der Waals surface area contributed by atoms with E-state index in [4.69, 9.17) is 13.9 Å². The molecule has 0 aliphatic carbocycles. The largest absolute Gasteiger partial charge is 0.497 e. The molecule has 0 bridgehead atoms. The lowest BCUT2D eigenvalue weighted by Crippen LogP contribution is -2.18. The molecule has 0 saturated carbocycles. The zero-order valence-corrected chi connectivity index (χ0v) is 15.6. The fourth-order valence-corrected chi connectivity index (χ4v) is 2.89. The van der Waals surface area contributed by atoms with E-state index in [1.54, 1.807) is 37.4 Å². The fourth-order valence-electron chi connectivity index (χ4n) is 2.89. The molecule has 0 spiro atoms. The Balaban J connectivity index is 2.24. The quantitative estimate of drug-likeness (QED) is 0.640. The van der Waals surface area contributed by atoms with Crippen molar-refractivity contribution in [1.82, 2.24) is 0 Å². The summed E-state index contributed by atoms with van der Waals surface area (Å²) in [5, 5.41) is 0.407. The van der Waals surface area contributed by atoms with E-state index in [-0.39, 0.29) is 23.5 Å². The molecular formula is C21H20O6. The molecule has 3 aromatic rings. The van der Waals surface area contributed by atoms with Gasteiger partial charge in [-0.15, -0.1) is 0 Å². The number of esters is 1. The Bertz CT molecular complexity index is 1050. The van der Waals surface area contributed by atoms with Gasteiger partial charge >= 0.3 is 5.97 Å². The number of methoxy groups -OCH3 is 2. The van der Waals surface area contributed by atoms with Crippen molar-refractivity contribution >= 4 is 16.9 Å². The highest BCUT2D eigenvalue weighted by molar-refractivity contribution is 5.85. The first-order valence-corrected chi connectivity index (χ1v) is 8.36. The van der Waals surface area contributed by atoms with Gasteiger partial charge in [0.05, 0.1) is 19.6 Å². The Morgan fingerprint density at radius 2 is 1.78 bits per heavy atom. The molecule has 140 valence electrons. The molecule has 27 heavy (non-hydrogen) atoms. The van der Waals surface area contributed by atoms with E-state index in [0.29, 0.717) is 22.3 Å². The fraction of sp³-hybridized carbons (Fsp3) is 0.238. The van der Waals surface area contributed by atoms with Crippen molar-refractivity contribution < 1.29 is 23.4 Å². The highest BCUT2D eigenvalue weighted by atomic mass is 16.6. The summed E-state index contributed by atoms with van der Waals surface area (Å²) in [6, 6.07) is 10.7. The number of carbonyl (C=O) groups is 1. The molecular weight excluding hydrogens is 348 g/mol. The van der Waals surface area contributed by atoms with Crippen LogP contribution in [-0.4, -0.2) is 26.8 Å². The summed E-state index contributed by atoms with van der Waals surface area (Å²) in [6.07, 6.45) is 0. The van der Waals surface area contributed by atoms with Gasteiger partial charge in [-0.2, -0.15) is 0 Å². The first-order chi connectivity index (χ1) is 12.9. The van der Waals surface area contributed by atoms with E-state index in [1.807, 2.05) is 19.9 Å². The Morgan fingerprint density at radius 3 is 2.41 bits per heavy atom. The number of rotatable bonds is 5. The lowest BCUT2D eigenvalue weighted by Gasteiger charge is -2.13. The third-order valence-electron chi connectivity index (χ3n) is 4.19. The van der Waals surface area contributed by atoms with Crippen LogP contribution in [0.25, 0.3) is 22.3 Å². The lowest BCUT2D eigenvalue weighted by molar-refractivity contribution is -0.142. The molecule has 0 amide bonds. The zero-order chi connectivity index (χ0) is 19.6. The third-order valence-corrected chi connectivity index (χ3v) is 4.19. The Morgan fingerprint density at radius 1 is 1.07 bits per heavy atom. The second-order valence-corrected chi connectivity index (χ2v) is 6.14. The number of benzene rings is 2. The minimum absolute atomic E-state index is 0.0249. The Labute approximate surface area is 156 Å². The molecule has 6 heteroatoms. The lowest BCUT2D eigenvalue weighted by atomic mass is 10.1. The molecule has 0 aliphatic heterocycles. The molecule has 0 aliphatic rings. The molecule has 1 heterocycles. The maximum atomic E-state index is 13.1. The van der Waals surface area contributed by atoms with Gasteiger partial charge in [-0.05, 0) is 55.3 Å². The topological polar surface area (TPSA) is 75.0 Å². The summed E-state index contributed by atoms with van der Waals surface area (Å²) in [7, 11) is 2.83. The summed E-state index contributed by atoms with van der Waals surface area (Å²) in [4.78, 5) is 24.6. The van der Waals surface area contributed by atoms with E-state index < -0.39 is 5.97 Å². The highest BCUT2D eigenvalue weighted by Gasteiger charge is 2.20. The molecule has 3 rings (SSSR count). The molecule has 0 saturated heterocycles. The SMILES string of the molecule is COC(=O)COc1c(-c2ccc(OC)cc2)oc2c(C)cc(C)cc2c1=O. The van der Waals surface area contributed by atoms with Gasteiger partial charge in [0.15, 0.2) is 12.4 Å². The minimum atomic E-state index is -0.587. The smallest absolute Gasteiger partial charge is 0.343 e. The van der Waals surface area contributed by atoms with Crippen LogP contribution in [0.2, 0.25) is 0 Å². The van der Waals surface area contributed by atoms with Crippen LogP contribution in [0.5, 0.6) is 11.5 Å². The van der Waals surface area contributed by atoms with Gasteiger partial charge in [0.1, 0.15) is 11.3 Å². The summed E-state index contributed by atoms with van der Waals surface area (Å²) in [5.74, 6) is 0.315. The van der Waals surface area contributed by atoms with Crippen molar-refractivity contribution in [2.24, 2.45) is 0 Å². The van der Waals surface area contributed by atoms with Crippen LogP contribution >= 0.6 is 0 Å². The van der Waals surface area contributed by atoms with Crippen molar-refractivity contribution in [3.05, 3.63) is 57.7 Å². The van der Waals surface area contributed by atoms with Crippen molar-refractivity contribution in [3.63, 3.8) is 0 Å². The van der Waals surface area contributed by atoms with Crippen LogP contribution in [0.3, 0.4) is 0 Å². The monoisotopic (exact) mass is 368 g/mol. The predicted molar refractivity (Wildman–Crippen MR) is 101 cm³/mol. The molecule has 1 aromatic heterocycles. The van der Waals surface area contributed by atoms with Gasteiger partial charge in [-0.25, -0.2) is 4.79 Å². The van der Waals surface area contributed by atoms with E-state index in [1.165, 1.54) is 7.11 Å². The Kier molecular flexibility index (Phi) is 5.16. The molecule has 2 aromatic carbocycles. The molecule has 0 unspecified atom stereocenters. The van der Waals surface area contributed by atoms with E-state index in [2.05, 4.69) is 4.74 Å². The van der Waals surface area contributed by atoms with Gasteiger partial charge in [0.2, 0.25) is 11.2 Å². The first-order valence-electron chi connectivity index (χ1n) is 8.36. The number of aryl methyl sites for hydroxylation is 2. The van der Waals surface area contributed by atoms with Crippen molar-refractivity contribution in [2.75, 3.05) is 20.8 Å². The molecule has 0 radical (unpaired) electrons. The van der Waals surface area contributed by atoms with E-state index in [9.17, 15) is 9.59 Å². The van der Waals surface area contributed by atoms with Crippen LogP contribution < -0.4 is 14.9 Å². The summed E-state index contributed by atoms with van der Waals surface area (Å²) in [6.45, 7) is 3.39. The standard InChI is InChI=1S/C21H20O6/c1-12-9-13(2)19-16(10-12)18(23)21(26-11-17(22)25-4)20(27-19)14-5-7-15(24-3)8-6-14/h5-10H,11H2,1-4H3. The molecule has 6 nitrogen and oxygen atoms in total. The minimum Gasteiger partial charge on any atom is -0.497 e. The predicted octanol–water partition coefficient (Wildman–Crippen LogP) is 3.64. The van der Waals surface area contributed by atoms with Crippen LogP contribution in [0.1, 0.15) is 11.1 Å². The van der Waals surface area contributed by atoms with Gasteiger partial charge < -0.3 is 18.6 Å². The highest BCUT2D eigenvalue weighted by Crippen LogP contribution is 2.33. The maximum absolute atomic E-state index is 13.1. The summed E-state index contributed by atoms with van der Waals surface area (Å²) < 4.78 is 21.3. The van der Waals surface area contributed by atoms with Gasteiger partial charge in [-0.1, -0.05) is 6.07 Å². The number of hydrogen-bond acceptors (Lipinski definition) is 6. The third kappa shape index (κ3) is 3.65. The average Bonchev–Trinajstić information content (AvgIpc) is 2.67. The van der Waals surface area contributed by atoms with Crippen molar-refractivity contribution in [1.29, 1.82) is 0 Å². The zero-order valence-electron chi connectivity index (χ0n) is 15.6. The molecule has 0 atom stereocenters. The summed E-state index contributed by atoms with van der Waals surface area (Å²) >= 11 is 0. The Hall–Kier alpha value is -3.28. The molecule has 0 fully saturated rings. The van der Waals surface area contributed by atoms with E-state index >= 15 is 0 Å². The first kappa shape index (κ1) is 18.5. The van der Waals surface area contributed by atoms with Gasteiger partial charge in [0.25, 0.3) is 0 Å². The van der Waals surface area contributed by atoms with Crippen LogP contribution in [0.15, 0.2) is 45.6 Å². The average molecular weight is 368 g/mol.